The van der Waals surface area contributed by atoms with Crippen molar-refractivity contribution in [3.05, 3.63) is 41.6 Å². The number of nitrogens with zero attached hydrogens (tertiary/aromatic N) is 1. The van der Waals surface area contributed by atoms with Gasteiger partial charge in [0.2, 0.25) is 0 Å². The first kappa shape index (κ1) is 15.9. The maximum Gasteiger partial charge on any atom is 0.336 e. The highest BCUT2D eigenvalue weighted by Gasteiger charge is 2.36. The summed E-state index contributed by atoms with van der Waals surface area (Å²) in [6.45, 7) is 3.87. The van der Waals surface area contributed by atoms with Gasteiger partial charge in [0.05, 0.1) is 25.9 Å². The lowest BCUT2D eigenvalue weighted by atomic mass is 9.84. The molecule has 23 heavy (non-hydrogen) atoms. The van der Waals surface area contributed by atoms with E-state index in [-0.39, 0.29) is 18.1 Å². The largest absolute Gasteiger partial charge is 0.496 e. The third kappa shape index (κ3) is 3.20. The lowest BCUT2D eigenvalue weighted by Gasteiger charge is -2.41. The molecule has 2 aliphatic heterocycles. The summed E-state index contributed by atoms with van der Waals surface area (Å²) >= 11 is 0. The fourth-order valence-corrected chi connectivity index (χ4v) is 3.31. The van der Waals surface area contributed by atoms with Crippen molar-refractivity contribution in [3.63, 3.8) is 0 Å². The Bertz CT molecular complexity index is 598. The number of hydrogen-bond acceptors (Lipinski definition) is 5. The number of hydrogen-bond donors (Lipinski definition) is 0. The van der Waals surface area contributed by atoms with Crippen LogP contribution in [-0.4, -0.2) is 44.0 Å². The minimum absolute atomic E-state index is 0.0110. The number of rotatable bonds is 4. The van der Waals surface area contributed by atoms with Gasteiger partial charge in [0.15, 0.2) is 0 Å². The van der Waals surface area contributed by atoms with Crippen LogP contribution in [0.1, 0.15) is 31.2 Å². The highest BCUT2D eigenvalue weighted by atomic mass is 16.5. The Hall–Kier alpha value is -2.01. The van der Waals surface area contributed by atoms with Crippen LogP contribution in [0.2, 0.25) is 0 Å². The summed E-state index contributed by atoms with van der Waals surface area (Å²) in [7, 11) is 1.65. The van der Waals surface area contributed by atoms with Crippen molar-refractivity contribution in [1.29, 1.82) is 0 Å². The number of benzene rings is 1. The number of para-hydroxylation sites is 1. The van der Waals surface area contributed by atoms with Crippen LogP contribution in [0, 0.1) is 0 Å². The molecule has 5 nitrogen and oxygen atoms in total. The van der Waals surface area contributed by atoms with Gasteiger partial charge in [-0.2, -0.15) is 0 Å². The summed E-state index contributed by atoms with van der Waals surface area (Å²) < 4.78 is 16.6. The molecule has 1 aromatic rings. The Kier molecular flexibility index (Phi) is 4.86. The van der Waals surface area contributed by atoms with Gasteiger partial charge in [-0.25, -0.2) is 4.79 Å². The molecule has 2 atom stereocenters. The molecule has 0 radical (unpaired) electrons. The molecule has 5 heteroatoms. The topological polar surface area (TPSA) is 48.0 Å². The summed E-state index contributed by atoms with van der Waals surface area (Å²) in [4.78, 5) is 14.6. The molecular formula is C18H23NO4. The van der Waals surface area contributed by atoms with E-state index in [1.807, 2.05) is 37.4 Å². The fourth-order valence-electron chi connectivity index (χ4n) is 3.31. The van der Waals surface area contributed by atoms with Gasteiger partial charge in [-0.3, -0.25) is 0 Å². The monoisotopic (exact) mass is 317 g/mol. The summed E-state index contributed by atoms with van der Waals surface area (Å²) in [5, 5.41) is 0. The van der Waals surface area contributed by atoms with Gasteiger partial charge in [-0.15, -0.1) is 0 Å². The van der Waals surface area contributed by atoms with Crippen molar-refractivity contribution >= 4 is 5.97 Å². The van der Waals surface area contributed by atoms with Crippen molar-refractivity contribution in [1.82, 2.24) is 4.90 Å². The average molecular weight is 317 g/mol. The molecule has 1 fully saturated rings. The molecule has 0 saturated carbocycles. The number of carbonyl (C=O) groups is 1. The van der Waals surface area contributed by atoms with Gasteiger partial charge < -0.3 is 19.1 Å². The lowest BCUT2D eigenvalue weighted by Crippen LogP contribution is -2.44. The fraction of sp³-hybridized carbons (Fsp3) is 0.500. The Morgan fingerprint density at radius 3 is 3.00 bits per heavy atom. The third-order valence-electron chi connectivity index (χ3n) is 4.38. The number of fused-ring (bicyclic) bond motifs is 1. The van der Waals surface area contributed by atoms with E-state index in [0.717, 1.165) is 37.3 Å². The smallest absolute Gasteiger partial charge is 0.336 e. The van der Waals surface area contributed by atoms with Crippen molar-refractivity contribution in [2.24, 2.45) is 0 Å². The molecule has 2 unspecified atom stereocenters. The number of methoxy groups -OCH3 is 1. The number of carbonyl (C=O) groups excluding carboxylic acids is 1. The first-order chi connectivity index (χ1) is 11.2. The van der Waals surface area contributed by atoms with Crippen LogP contribution in [-0.2, 0) is 14.3 Å². The standard InChI is InChI=1S/C18H23NO4/c1-3-22-18(20)15-12-19-9-6-10-23-17(19)11-14(15)13-7-4-5-8-16(13)21-2/h4-5,7-8,12,14,17H,3,6,9-11H2,1-2H3. The Balaban J connectivity index is 1.99. The maximum atomic E-state index is 12.5. The van der Waals surface area contributed by atoms with E-state index in [1.54, 1.807) is 7.11 Å². The first-order valence-corrected chi connectivity index (χ1v) is 8.13. The summed E-state index contributed by atoms with van der Waals surface area (Å²) in [6, 6.07) is 7.83. The SMILES string of the molecule is CCOC(=O)C1=CN2CCCOC2CC1c1ccccc1OC. The van der Waals surface area contributed by atoms with Gasteiger partial charge >= 0.3 is 5.97 Å². The van der Waals surface area contributed by atoms with E-state index >= 15 is 0 Å². The minimum atomic E-state index is -0.257. The van der Waals surface area contributed by atoms with E-state index in [9.17, 15) is 4.79 Å². The molecule has 2 aliphatic rings. The van der Waals surface area contributed by atoms with Gasteiger partial charge in [0.25, 0.3) is 0 Å². The Morgan fingerprint density at radius 2 is 2.22 bits per heavy atom. The highest BCUT2D eigenvalue weighted by molar-refractivity contribution is 5.90. The number of esters is 1. The normalized spacial score (nSPS) is 23.7. The minimum Gasteiger partial charge on any atom is -0.496 e. The van der Waals surface area contributed by atoms with E-state index in [4.69, 9.17) is 14.2 Å². The molecule has 1 aromatic carbocycles. The molecule has 0 aliphatic carbocycles. The zero-order valence-electron chi connectivity index (χ0n) is 13.7. The first-order valence-electron chi connectivity index (χ1n) is 8.13. The second kappa shape index (κ2) is 7.04. The summed E-state index contributed by atoms with van der Waals surface area (Å²) in [6.07, 6.45) is 3.63. The maximum absolute atomic E-state index is 12.5. The molecule has 0 spiro atoms. The van der Waals surface area contributed by atoms with Crippen LogP contribution in [0.15, 0.2) is 36.0 Å². The van der Waals surface area contributed by atoms with Crippen LogP contribution >= 0.6 is 0 Å². The summed E-state index contributed by atoms with van der Waals surface area (Å²) in [5.41, 5.74) is 1.68. The Labute approximate surface area is 136 Å². The van der Waals surface area contributed by atoms with Gasteiger partial charge in [0, 0.05) is 30.6 Å². The molecule has 1 saturated heterocycles. The highest BCUT2D eigenvalue weighted by Crippen LogP contribution is 2.40. The molecule has 0 N–H and O–H groups in total. The van der Waals surface area contributed by atoms with Crippen LogP contribution in [0.25, 0.3) is 0 Å². The van der Waals surface area contributed by atoms with E-state index in [1.165, 1.54) is 0 Å². The van der Waals surface area contributed by atoms with Crippen LogP contribution < -0.4 is 4.74 Å². The predicted octanol–water partition coefficient (Wildman–Crippen LogP) is 2.68. The molecule has 124 valence electrons. The second-order valence-electron chi connectivity index (χ2n) is 5.75. The third-order valence-corrected chi connectivity index (χ3v) is 4.38. The molecular weight excluding hydrogens is 294 g/mol. The molecule has 0 aromatic heterocycles. The van der Waals surface area contributed by atoms with Gasteiger partial charge in [-0.1, -0.05) is 18.2 Å². The summed E-state index contributed by atoms with van der Waals surface area (Å²) in [5.74, 6) is 0.453. The molecule has 3 rings (SSSR count). The van der Waals surface area contributed by atoms with Crippen molar-refractivity contribution in [2.75, 3.05) is 26.9 Å². The van der Waals surface area contributed by atoms with Crippen LogP contribution in [0.3, 0.4) is 0 Å². The zero-order valence-corrected chi connectivity index (χ0v) is 13.7. The number of ether oxygens (including phenoxy) is 3. The quantitative estimate of drug-likeness (QED) is 0.799. The Morgan fingerprint density at radius 1 is 1.39 bits per heavy atom. The second-order valence-corrected chi connectivity index (χ2v) is 5.75. The van der Waals surface area contributed by atoms with E-state index in [2.05, 4.69) is 4.90 Å². The average Bonchev–Trinajstić information content (AvgIpc) is 2.60. The van der Waals surface area contributed by atoms with Crippen LogP contribution in [0.5, 0.6) is 5.75 Å². The van der Waals surface area contributed by atoms with Crippen molar-refractivity contribution < 1.29 is 19.0 Å². The van der Waals surface area contributed by atoms with Gasteiger partial charge in [-0.05, 0) is 19.4 Å². The van der Waals surface area contributed by atoms with Crippen molar-refractivity contribution in [3.8, 4) is 5.75 Å². The zero-order chi connectivity index (χ0) is 16.2. The molecule has 0 amide bonds. The van der Waals surface area contributed by atoms with Gasteiger partial charge in [0.1, 0.15) is 12.0 Å². The van der Waals surface area contributed by atoms with E-state index in [0.29, 0.717) is 12.2 Å². The molecule has 0 bridgehead atoms. The van der Waals surface area contributed by atoms with E-state index < -0.39 is 0 Å². The molecule has 2 heterocycles. The lowest BCUT2D eigenvalue weighted by molar-refractivity contribution is -0.140. The van der Waals surface area contributed by atoms with Crippen LogP contribution in [0.4, 0.5) is 0 Å². The predicted molar refractivity (Wildman–Crippen MR) is 86.1 cm³/mol. The van der Waals surface area contributed by atoms with Crippen molar-refractivity contribution in [2.45, 2.75) is 31.9 Å².